The number of nitrogens with zero attached hydrogens (tertiary/aromatic N) is 2. The van der Waals surface area contributed by atoms with Gasteiger partial charge in [-0.05, 0) is 12.8 Å². The number of anilines is 1. The number of nitrogens with one attached hydrogen (secondary N) is 1. The van der Waals surface area contributed by atoms with Crippen LogP contribution in [0.4, 0.5) is 5.69 Å². The average molecular weight is 203 g/mol. The van der Waals surface area contributed by atoms with Crippen molar-refractivity contribution in [1.29, 1.82) is 0 Å². The maximum Gasteiger partial charge on any atom is 0.268 e. The molecule has 1 N–H and O–H groups in total. The largest absolute Gasteiger partial charge is 0.381 e. The maximum absolute atomic E-state index is 11.5. The first-order chi connectivity index (χ1) is 7.29. The summed E-state index contributed by atoms with van der Waals surface area (Å²) in [6.45, 7) is 0.485. The monoisotopic (exact) mass is 203 g/mol. The van der Waals surface area contributed by atoms with Crippen molar-refractivity contribution in [2.45, 2.75) is 31.8 Å². The molecule has 0 spiro atoms. The molecule has 0 radical (unpaired) electrons. The van der Waals surface area contributed by atoms with E-state index in [4.69, 9.17) is 6.42 Å². The minimum atomic E-state index is -0.101. The highest BCUT2D eigenvalue weighted by Gasteiger charge is 2.20. The lowest BCUT2D eigenvalue weighted by atomic mass is 10.4. The van der Waals surface area contributed by atoms with E-state index in [1.807, 2.05) is 0 Å². The predicted molar refractivity (Wildman–Crippen MR) is 58.6 cm³/mol. The first-order valence-corrected chi connectivity index (χ1v) is 5.07. The minimum absolute atomic E-state index is 0.101. The van der Waals surface area contributed by atoms with E-state index in [2.05, 4.69) is 16.3 Å². The smallest absolute Gasteiger partial charge is 0.268 e. The second kappa shape index (κ2) is 4.18. The zero-order valence-corrected chi connectivity index (χ0v) is 8.44. The molecule has 78 valence electrons. The maximum atomic E-state index is 11.5. The molecule has 4 nitrogen and oxygen atoms in total. The standard InChI is InChI=1S/C11H13N3O/c1-2-3-6-14-11(15)7-10(8-12-14)13-9-4-5-9/h1,7-9,13H,3-6H2. The normalized spacial score (nSPS) is 14.6. The third-order valence-corrected chi connectivity index (χ3v) is 2.29. The van der Waals surface area contributed by atoms with E-state index >= 15 is 0 Å². The molecular weight excluding hydrogens is 190 g/mol. The Morgan fingerprint density at radius 3 is 3.07 bits per heavy atom. The molecule has 0 aliphatic heterocycles. The van der Waals surface area contributed by atoms with E-state index in [0.29, 0.717) is 19.0 Å². The second-order valence-electron chi connectivity index (χ2n) is 3.68. The molecule has 4 heteroatoms. The lowest BCUT2D eigenvalue weighted by Crippen LogP contribution is -2.22. The Hall–Kier alpha value is -1.76. The van der Waals surface area contributed by atoms with E-state index in [1.165, 1.54) is 17.5 Å². The highest BCUT2D eigenvalue weighted by atomic mass is 16.1. The number of aryl methyl sites for hydroxylation is 1. The van der Waals surface area contributed by atoms with Crippen LogP contribution in [-0.2, 0) is 6.54 Å². The van der Waals surface area contributed by atoms with Crippen LogP contribution in [0, 0.1) is 12.3 Å². The third kappa shape index (κ3) is 2.59. The molecule has 15 heavy (non-hydrogen) atoms. The first kappa shape index (κ1) is 9.78. The van der Waals surface area contributed by atoms with Gasteiger partial charge in [-0.2, -0.15) is 5.10 Å². The van der Waals surface area contributed by atoms with Gasteiger partial charge < -0.3 is 5.32 Å². The molecule has 0 aromatic carbocycles. The molecule has 1 aliphatic carbocycles. The molecule has 0 saturated heterocycles. The third-order valence-electron chi connectivity index (χ3n) is 2.29. The van der Waals surface area contributed by atoms with Gasteiger partial charge in [-0.3, -0.25) is 4.79 Å². The highest BCUT2D eigenvalue weighted by Crippen LogP contribution is 2.23. The quantitative estimate of drug-likeness (QED) is 0.738. The number of hydrogen-bond donors (Lipinski definition) is 1. The predicted octanol–water partition coefficient (Wildman–Crippen LogP) is 0.841. The van der Waals surface area contributed by atoms with Crippen molar-refractivity contribution in [2.75, 3.05) is 5.32 Å². The van der Waals surface area contributed by atoms with Gasteiger partial charge in [0.25, 0.3) is 5.56 Å². The Labute approximate surface area is 88.3 Å². The van der Waals surface area contributed by atoms with E-state index < -0.39 is 0 Å². The van der Waals surface area contributed by atoms with Crippen LogP contribution in [-0.4, -0.2) is 15.8 Å². The van der Waals surface area contributed by atoms with E-state index in [-0.39, 0.29) is 5.56 Å². The summed E-state index contributed by atoms with van der Waals surface area (Å²) < 4.78 is 1.39. The van der Waals surface area contributed by atoms with Crippen molar-refractivity contribution in [2.24, 2.45) is 0 Å². The van der Waals surface area contributed by atoms with E-state index in [0.717, 1.165) is 5.69 Å². The number of terminal acetylenes is 1. The van der Waals surface area contributed by atoms with E-state index in [9.17, 15) is 4.79 Å². The van der Waals surface area contributed by atoms with Crippen LogP contribution in [0.2, 0.25) is 0 Å². The molecule has 1 heterocycles. The molecule has 0 amide bonds. The van der Waals surface area contributed by atoms with Crippen molar-refractivity contribution in [3.63, 3.8) is 0 Å². The van der Waals surface area contributed by atoms with Crippen molar-refractivity contribution in [3.05, 3.63) is 22.6 Å². The zero-order chi connectivity index (χ0) is 10.7. The summed E-state index contributed by atoms with van der Waals surface area (Å²) in [5.74, 6) is 2.48. The number of hydrogen-bond acceptors (Lipinski definition) is 3. The van der Waals surface area contributed by atoms with Crippen LogP contribution in [0.1, 0.15) is 19.3 Å². The fourth-order valence-corrected chi connectivity index (χ4v) is 1.31. The summed E-state index contributed by atoms with van der Waals surface area (Å²) in [5, 5.41) is 7.27. The summed E-state index contributed by atoms with van der Waals surface area (Å²) in [4.78, 5) is 11.5. The lowest BCUT2D eigenvalue weighted by Gasteiger charge is -2.05. The van der Waals surface area contributed by atoms with Crippen molar-refractivity contribution in [3.8, 4) is 12.3 Å². The van der Waals surface area contributed by atoms with Crippen LogP contribution in [0.15, 0.2) is 17.1 Å². The molecule has 1 saturated carbocycles. The lowest BCUT2D eigenvalue weighted by molar-refractivity contribution is 0.591. The number of aromatic nitrogens is 2. The van der Waals surface area contributed by atoms with Gasteiger partial charge in [0.15, 0.2) is 0 Å². The summed E-state index contributed by atoms with van der Waals surface area (Å²) in [5.41, 5.74) is 0.704. The fourth-order valence-electron chi connectivity index (χ4n) is 1.31. The Kier molecular flexibility index (Phi) is 2.72. The first-order valence-electron chi connectivity index (χ1n) is 5.07. The van der Waals surface area contributed by atoms with Gasteiger partial charge in [-0.15, -0.1) is 12.3 Å². The van der Waals surface area contributed by atoms with Crippen LogP contribution >= 0.6 is 0 Å². The average Bonchev–Trinajstić information content (AvgIpc) is 3.01. The van der Waals surface area contributed by atoms with Gasteiger partial charge in [-0.25, -0.2) is 4.68 Å². The van der Waals surface area contributed by atoms with Gasteiger partial charge in [0.05, 0.1) is 18.4 Å². The van der Waals surface area contributed by atoms with Gasteiger partial charge in [0.2, 0.25) is 0 Å². The summed E-state index contributed by atoms with van der Waals surface area (Å²) in [6, 6.07) is 2.11. The summed E-state index contributed by atoms with van der Waals surface area (Å²) >= 11 is 0. The molecule has 1 fully saturated rings. The molecule has 0 unspecified atom stereocenters. The van der Waals surface area contributed by atoms with Crippen LogP contribution in [0.3, 0.4) is 0 Å². The Morgan fingerprint density at radius 1 is 1.67 bits per heavy atom. The molecule has 0 bridgehead atoms. The Balaban J connectivity index is 2.08. The minimum Gasteiger partial charge on any atom is -0.381 e. The molecular formula is C11H13N3O. The van der Waals surface area contributed by atoms with Crippen LogP contribution in [0.5, 0.6) is 0 Å². The Morgan fingerprint density at radius 2 is 2.47 bits per heavy atom. The van der Waals surface area contributed by atoms with E-state index in [1.54, 1.807) is 12.3 Å². The van der Waals surface area contributed by atoms with Crippen LogP contribution < -0.4 is 10.9 Å². The van der Waals surface area contributed by atoms with Gasteiger partial charge in [-0.1, -0.05) is 0 Å². The number of rotatable bonds is 4. The highest BCUT2D eigenvalue weighted by molar-refractivity contribution is 5.41. The van der Waals surface area contributed by atoms with Crippen LogP contribution in [0.25, 0.3) is 0 Å². The fraction of sp³-hybridized carbons (Fsp3) is 0.455. The topological polar surface area (TPSA) is 46.9 Å². The van der Waals surface area contributed by atoms with Crippen molar-refractivity contribution in [1.82, 2.24) is 9.78 Å². The molecule has 2 rings (SSSR count). The molecule has 1 aromatic rings. The van der Waals surface area contributed by atoms with Gasteiger partial charge >= 0.3 is 0 Å². The molecule has 0 atom stereocenters. The van der Waals surface area contributed by atoms with Crippen molar-refractivity contribution < 1.29 is 0 Å². The summed E-state index contributed by atoms with van der Waals surface area (Å²) in [7, 11) is 0. The SMILES string of the molecule is C#CCCn1ncc(NC2CC2)cc1=O. The second-order valence-corrected chi connectivity index (χ2v) is 3.68. The Bertz CT molecular complexity index is 440. The molecule has 1 aliphatic rings. The molecule has 1 aromatic heterocycles. The van der Waals surface area contributed by atoms with Crippen molar-refractivity contribution >= 4 is 5.69 Å². The summed E-state index contributed by atoms with van der Waals surface area (Å²) in [6.07, 6.45) is 9.69. The zero-order valence-electron chi connectivity index (χ0n) is 8.44. The van der Waals surface area contributed by atoms with Gasteiger partial charge in [0, 0.05) is 18.5 Å². The van der Waals surface area contributed by atoms with Gasteiger partial charge in [0.1, 0.15) is 0 Å².